The lowest BCUT2D eigenvalue weighted by Gasteiger charge is -2.31. The summed E-state index contributed by atoms with van der Waals surface area (Å²) in [6, 6.07) is 0. The van der Waals surface area contributed by atoms with Gasteiger partial charge in [-0.05, 0) is 62.2 Å². The van der Waals surface area contributed by atoms with Gasteiger partial charge in [-0.3, -0.25) is 0 Å². The second-order valence-corrected chi connectivity index (χ2v) is 7.08. The first-order valence-electron chi connectivity index (χ1n) is 7.06. The molecule has 0 aliphatic heterocycles. The average molecular weight is 222 g/mol. The molecule has 94 valence electrons. The summed E-state index contributed by atoms with van der Waals surface area (Å²) in [5.41, 5.74) is 1.09. The number of hydrogen-bond donors (Lipinski definition) is 0. The zero-order chi connectivity index (χ0) is 12.1. The van der Waals surface area contributed by atoms with E-state index in [4.69, 9.17) is 0 Å². The van der Waals surface area contributed by atoms with Gasteiger partial charge in [-0.15, -0.1) is 0 Å². The number of allylic oxidation sites excluding steroid dienone is 2. The summed E-state index contributed by atoms with van der Waals surface area (Å²) < 4.78 is 0. The maximum Gasteiger partial charge on any atom is -0.0351 e. The van der Waals surface area contributed by atoms with Gasteiger partial charge in [-0.2, -0.15) is 0 Å². The monoisotopic (exact) mass is 222 g/mol. The molecule has 1 aliphatic rings. The van der Waals surface area contributed by atoms with Gasteiger partial charge in [0.1, 0.15) is 0 Å². The van der Waals surface area contributed by atoms with Gasteiger partial charge < -0.3 is 0 Å². The van der Waals surface area contributed by atoms with Crippen LogP contribution in [0.3, 0.4) is 0 Å². The van der Waals surface area contributed by atoms with Gasteiger partial charge in [0.15, 0.2) is 0 Å². The first kappa shape index (κ1) is 13.8. The van der Waals surface area contributed by atoms with Crippen LogP contribution in [0.15, 0.2) is 12.2 Å². The minimum absolute atomic E-state index is 0.546. The molecule has 0 heteroatoms. The highest BCUT2D eigenvalue weighted by atomic mass is 14.3. The second-order valence-electron chi connectivity index (χ2n) is 7.08. The molecule has 0 amide bonds. The molecule has 0 heterocycles. The third kappa shape index (κ3) is 5.72. The summed E-state index contributed by atoms with van der Waals surface area (Å²) in [5.74, 6) is 0. The summed E-state index contributed by atoms with van der Waals surface area (Å²) in [5, 5.41) is 0. The molecule has 0 spiro atoms. The highest BCUT2D eigenvalue weighted by Crippen LogP contribution is 2.37. The molecule has 0 aromatic heterocycles. The van der Waals surface area contributed by atoms with E-state index in [0.29, 0.717) is 10.8 Å². The van der Waals surface area contributed by atoms with Gasteiger partial charge in [0.25, 0.3) is 0 Å². The lowest BCUT2D eigenvalue weighted by molar-refractivity contribution is 0.211. The lowest BCUT2D eigenvalue weighted by Crippen LogP contribution is -2.18. The van der Waals surface area contributed by atoms with Gasteiger partial charge in [0, 0.05) is 0 Å². The molecule has 0 atom stereocenters. The van der Waals surface area contributed by atoms with Crippen molar-refractivity contribution in [3.05, 3.63) is 12.2 Å². The molecule has 0 fully saturated rings. The topological polar surface area (TPSA) is 0 Å². The summed E-state index contributed by atoms with van der Waals surface area (Å²) >= 11 is 0. The third-order valence-corrected chi connectivity index (χ3v) is 4.09. The molecule has 0 nitrogen and oxygen atoms in total. The number of hydrogen-bond acceptors (Lipinski definition) is 0. The van der Waals surface area contributed by atoms with Crippen LogP contribution in [0.25, 0.3) is 0 Å². The van der Waals surface area contributed by atoms with E-state index in [2.05, 4.69) is 39.8 Å². The SMILES string of the molecule is CC1(C)CCC/C=C\CCCC(C)(C)CC1. The van der Waals surface area contributed by atoms with Gasteiger partial charge in [-0.1, -0.05) is 39.8 Å². The first-order valence-corrected chi connectivity index (χ1v) is 7.06. The minimum Gasteiger partial charge on any atom is -0.0885 e. The van der Waals surface area contributed by atoms with Crippen LogP contribution in [-0.2, 0) is 0 Å². The fourth-order valence-corrected chi connectivity index (χ4v) is 2.56. The summed E-state index contributed by atoms with van der Waals surface area (Å²) in [6.45, 7) is 9.77. The van der Waals surface area contributed by atoms with Gasteiger partial charge in [0.05, 0.1) is 0 Å². The van der Waals surface area contributed by atoms with Gasteiger partial charge in [0.2, 0.25) is 0 Å². The molecule has 0 aromatic carbocycles. The van der Waals surface area contributed by atoms with Crippen molar-refractivity contribution >= 4 is 0 Å². The van der Waals surface area contributed by atoms with Crippen LogP contribution in [0, 0.1) is 10.8 Å². The molecule has 16 heavy (non-hydrogen) atoms. The summed E-state index contributed by atoms with van der Waals surface area (Å²) in [4.78, 5) is 0. The van der Waals surface area contributed by atoms with Crippen molar-refractivity contribution < 1.29 is 0 Å². The van der Waals surface area contributed by atoms with Crippen LogP contribution in [0.2, 0.25) is 0 Å². The maximum atomic E-state index is 2.44. The van der Waals surface area contributed by atoms with E-state index in [0.717, 1.165) is 0 Å². The van der Waals surface area contributed by atoms with E-state index in [1.807, 2.05) is 0 Å². The third-order valence-electron chi connectivity index (χ3n) is 4.09. The molecule has 1 aliphatic carbocycles. The Bertz CT molecular complexity index is 196. The van der Waals surface area contributed by atoms with Crippen LogP contribution in [0.4, 0.5) is 0 Å². The summed E-state index contributed by atoms with van der Waals surface area (Å²) in [6.07, 6.45) is 15.6. The molecule has 0 bridgehead atoms. The van der Waals surface area contributed by atoms with Crippen molar-refractivity contribution in [1.82, 2.24) is 0 Å². The van der Waals surface area contributed by atoms with Crippen LogP contribution < -0.4 is 0 Å². The predicted molar refractivity (Wildman–Crippen MR) is 73.6 cm³/mol. The fraction of sp³-hybridized carbons (Fsp3) is 0.875. The van der Waals surface area contributed by atoms with Gasteiger partial charge >= 0.3 is 0 Å². The van der Waals surface area contributed by atoms with Crippen molar-refractivity contribution in [2.24, 2.45) is 10.8 Å². The van der Waals surface area contributed by atoms with Crippen molar-refractivity contribution in [3.8, 4) is 0 Å². The molecule has 0 N–H and O–H groups in total. The summed E-state index contributed by atoms with van der Waals surface area (Å²) in [7, 11) is 0. The van der Waals surface area contributed by atoms with Crippen molar-refractivity contribution in [3.63, 3.8) is 0 Å². The van der Waals surface area contributed by atoms with E-state index < -0.39 is 0 Å². The van der Waals surface area contributed by atoms with Crippen molar-refractivity contribution in [2.45, 2.75) is 79.1 Å². The zero-order valence-corrected chi connectivity index (χ0v) is 11.8. The van der Waals surface area contributed by atoms with E-state index in [1.54, 1.807) is 0 Å². The average Bonchev–Trinajstić information content (AvgIpc) is 2.18. The van der Waals surface area contributed by atoms with Crippen LogP contribution in [-0.4, -0.2) is 0 Å². The Morgan fingerprint density at radius 3 is 1.38 bits per heavy atom. The van der Waals surface area contributed by atoms with Crippen molar-refractivity contribution in [2.75, 3.05) is 0 Å². The molecular formula is C16H30. The molecule has 0 saturated carbocycles. The Kier molecular flexibility index (Phi) is 5.08. The number of rotatable bonds is 0. The molecule has 0 radical (unpaired) electrons. The predicted octanol–water partition coefficient (Wildman–Crippen LogP) is 5.73. The van der Waals surface area contributed by atoms with E-state index in [1.165, 1.54) is 51.4 Å². The largest absolute Gasteiger partial charge is 0.0885 e. The molecule has 0 unspecified atom stereocenters. The Labute approximate surface area is 103 Å². The molecular weight excluding hydrogens is 192 g/mol. The van der Waals surface area contributed by atoms with E-state index >= 15 is 0 Å². The molecule has 1 rings (SSSR count). The first-order chi connectivity index (χ1) is 7.41. The van der Waals surface area contributed by atoms with Crippen LogP contribution in [0.5, 0.6) is 0 Å². The standard InChI is InChI=1S/C16H30/c1-15(2)11-9-7-5-6-8-10-12-16(3,4)14-13-15/h5-6H,7-14H2,1-4H3/b6-5-. The Hall–Kier alpha value is -0.260. The quantitative estimate of drug-likeness (QED) is 0.459. The van der Waals surface area contributed by atoms with Crippen molar-refractivity contribution in [1.29, 1.82) is 0 Å². The van der Waals surface area contributed by atoms with Crippen LogP contribution >= 0.6 is 0 Å². The fourth-order valence-electron chi connectivity index (χ4n) is 2.56. The highest BCUT2D eigenvalue weighted by molar-refractivity contribution is 4.85. The molecule has 0 saturated heterocycles. The Morgan fingerprint density at radius 1 is 0.625 bits per heavy atom. The van der Waals surface area contributed by atoms with E-state index in [-0.39, 0.29) is 0 Å². The van der Waals surface area contributed by atoms with Crippen LogP contribution in [0.1, 0.15) is 79.1 Å². The molecule has 0 aromatic rings. The Balaban J connectivity index is 2.56. The minimum atomic E-state index is 0.546. The lowest BCUT2D eigenvalue weighted by atomic mass is 9.74. The highest BCUT2D eigenvalue weighted by Gasteiger charge is 2.23. The van der Waals surface area contributed by atoms with E-state index in [9.17, 15) is 0 Å². The maximum absolute atomic E-state index is 2.44. The second kappa shape index (κ2) is 5.89. The smallest absolute Gasteiger partial charge is 0.0351 e. The van der Waals surface area contributed by atoms with Gasteiger partial charge in [-0.25, -0.2) is 0 Å². The normalized spacial score (nSPS) is 28.8. The zero-order valence-electron chi connectivity index (χ0n) is 11.8. The Morgan fingerprint density at radius 2 is 1.00 bits per heavy atom.